The smallest absolute Gasteiger partial charge is 0.423 e. The number of terminal acetylenes is 1. The number of rotatable bonds is 6. The van der Waals surface area contributed by atoms with Gasteiger partial charge in [-0.15, -0.1) is 6.42 Å². The highest BCUT2D eigenvalue weighted by atomic mass is 19.4. The first kappa shape index (κ1) is 26.8. The van der Waals surface area contributed by atoms with E-state index in [1.54, 1.807) is 16.9 Å². The second-order valence-corrected chi connectivity index (χ2v) is 8.81. The quantitative estimate of drug-likeness (QED) is 0.602. The van der Waals surface area contributed by atoms with Crippen LogP contribution in [-0.4, -0.2) is 59.1 Å². The van der Waals surface area contributed by atoms with Crippen LogP contribution in [-0.2, 0) is 20.4 Å². The van der Waals surface area contributed by atoms with Crippen LogP contribution < -0.4 is 11.2 Å². The minimum Gasteiger partial charge on any atom is -0.447 e. The minimum absolute atomic E-state index is 0.0361. The molecule has 2 aliphatic rings. The highest BCUT2D eigenvalue weighted by Gasteiger charge is 2.41. The lowest BCUT2D eigenvalue weighted by molar-refractivity contribution is -0.139. The molecule has 1 aliphatic heterocycles. The first-order valence-electron chi connectivity index (χ1n) is 11.6. The summed E-state index contributed by atoms with van der Waals surface area (Å²) in [7, 11) is 1.68. The number of carbonyl (C=O) groups is 1. The van der Waals surface area contributed by atoms with E-state index in [2.05, 4.69) is 5.92 Å². The van der Waals surface area contributed by atoms with Gasteiger partial charge in [-0.2, -0.15) is 13.2 Å². The molecule has 0 aromatic carbocycles. The zero-order valence-corrected chi connectivity index (χ0v) is 19.5. The van der Waals surface area contributed by atoms with Gasteiger partial charge in [0, 0.05) is 25.7 Å². The van der Waals surface area contributed by atoms with Crippen molar-refractivity contribution in [3.8, 4) is 12.3 Å². The Labute approximate surface area is 200 Å². The summed E-state index contributed by atoms with van der Waals surface area (Å²) in [6, 6.07) is 0.0639. The molecule has 9 nitrogen and oxygen atoms in total. The first-order chi connectivity index (χ1) is 16.6. The molecule has 1 saturated carbocycles. The van der Waals surface area contributed by atoms with Crippen LogP contribution >= 0.6 is 0 Å². The predicted molar refractivity (Wildman–Crippen MR) is 119 cm³/mol. The molecular formula is C23H30F3N3O6. The number of amides is 1. The third-order valence-electron chi connectivity index (χ3n) is 6.43. The number of nitrogens with zero attached hydrogens (tertiary/aromatic N) is 2. The largest absolute Gasteiger partial charge is 0.447 e. The molecule has 12 heteroatoms. The summed E-state index contributed by atoms with van der Waals surface area (Å²) >= 11 is 0. The molecule has 3 atom stereocenters. The molecule has 1 aromatic rings. The van der Waals surface area contributed by atoms with Crippen LogP contribution in [0.1, 0.15) is 63.2 Å². The number of halogens is 3. The Balaban J connectivity index is 1.70. The van der Waals surface area contributed by atoms with Crippen molar-refractivity contribution in [2.75, 3.05) is 20.3 Å². The van der Waals surface area contributed by atoms with Gasteiger partial charge < -0.3 is 19.1 Å². The summed E-state index contributed by atoms with van der Waals surface area (Å²) in [6.07, 6.45) is 4.61. The van der Waals surface area contributed by atoms with Crippen molar-refractivity contribution >= 4 is 6.09 Å². The number of nitrogens with one attached hydrogen (secondary N) is 1. The van der Waals surface area contributed by atoms with Gasteiger partial charge in [-0.25, -0.2) is 9.59 Å². The standard InChI is InChI=1S/C23H30F3N3O6/c1-3-11-33-17-12-19(29-13-16(23(24,25)26)20(30)27-21(29)31)35-18(17)14-34-22(32)28(2)15-9-7-5-4-6-8-10-15/h1,13,15,17-19H,4-12,14H2,2H3,(H,27,30,31)/t17-,18+,19+/m0/s1. The minimum atomic E-state index is -4.96. The zero-order valence-electron chi connectivity index (χ0n) is 19.5. The Morgan fingerprint density at radius 2 is 1.91 bits per heavy atom. The van der Waals surface area contributed by atoms with Gasteiger partial charge >= 0.3 is 18.0 Å². The Bertz CT molecular complexity index is 1020. The van der Waals surface area contributed by atoms with E-state index in [0.717, 1.165) is 38.5 Å². The van der Waals surface area contributed by atoms with Crippen molar-refractivity contribution in [1.29, 1.82) is 0 Å². The number of ether oxygens (including phenoxy) is 3. The number of carbonyl (C=O) groups excluding carboxylic acids is 1. The lowest BCUT2D eigenvalue weighted by Crippen LogP contribution is -2.40. The summed E-state index contributed by atoms with van der Waals surface area (Å²) < 4.78 is 56.9. The van der Waals surface area contributed by atoms with Gasteiger partial charge in [0.2, 0.25) is 0 Å². The molecule has 0 unspecified atom stereocenters. The molecule has 2 heterocycles. The molecule has 194 valence electrons. The van der Waals surface area contributed by atoms with E-state index in [0.29, 0.717) is 10.8 Å². The summed E-state index contributed by atoms with van der Waals surface area (Å²) in [5, 5.41) is 0. The van der Waals surface area contributed by atoms with Gasteiger partial charge in [0.05, 0.1) is 6.10 Å². The number of hydrogen-bond acceptors (Lipinski definition) is 6. The van der Waals surface area contributed by atoms with Gasteiger partial charge in [0.15, 0.2) is 0 Å². The molecule has 2 fully saturated rings. The molecular weight excluding hydrogens is 471 g/mol. The van der Waals surface area contributed by atoms with E-state index in [1.807, 2.05) is 0 Å². The van der Waals surface area contributed by atoms with Gasteiger partial charge in [0.1, 0.15) is 31.1 Å². The number of aromatic amines is 1. The average Bonchev–Trinajstić information content (AvgIpc) is 3.17. The van der Waals surface area contributed by atoms with E-state index in [9.17, 15) is 27.6 Å². The molecule has 35 heavy (non-hydrogen) atoms. The fraction of sp³-hybridized carbons (Fsp3) is 0.696. The van der Waals surface area contributed by atoms with Crippen LogP contribution in [0.4, 0.5) is 18.0 Å². The van der Waals surface area contributed by atoms with Crippen LogP contribution in [0.3, 0.4) is 0 Å². The highest BCUT2D eigenvalue weighted by molar-refractivity contribution is 5.67. The molecule has 1 N–H and O–H groups in total. The van der Waals surface area contributed by atoms with E-state index in [4.69, 9.17) is 20.6 Å². The maximum atomic E-state index is 13.2. The second-order valence-electron chi connectivity index (χ2n) is 8.81. The number of hydrogen-bond donors (Lipinski definition) is 1. The lowest BCUT2D eigenvalue weighted by atomic mass is 9.96. The molecule has 1 aliphatic carbocycles. The van der Waals surface area contributed by atoms with Crippen molar-refractivity contribution in [2.45, 2.75) is 82.0 Å². The number of aromatic nitrogens is 2. The molecule has 0 bridgehead atoms. The predicted octanol–water partition coefficient (Wildman–Crippen LogP) is 3.04. The molecule has 1 aromatic heterocycles. The van der Waals surface area contributed by atoms with Crippen LogP contribution in [0.15, 0.2) is 15.8 Å². The van der Waals surface area contributed by atoms with Crippen LogP contribution in [0, 0.1) is 12.3 Å². The fourth-order valence-corrected chi connectivity index (χ4v) is 4.48. The highest BCUT2D eigenvalue weighted by Crippen LogP contribution is 2.32. The Morgan fingerprint density at radius 3 is 2.54 bits per heavy atom. The monoisotopic (exact) mass is 501 g/mol. The molecule has 3 rings (SSSR count). The van der Waals surface area contributed by atoms with E-state index < -0.39 is 47.5 Å². The van der Waals surface area contributed by atoms with E-state index >= 15 is 0 Å². The van der Waals surface area contributed by atoms with Crippen molar-refractivity contribution in [2.24, 2.45) is 0 Å². The van der Waals surface area contributed by atoms with Crippen molar-refractivity contribution < 1.29 is 32.2 Å². The summed E-state index contributed by atoms with van der Waals surface area (Å²) in [5.74, 6) is 2.30. The summed E-state index contributed by atoms with van der Waals surface area (Å²) in [6.45, 7) is -0.354. The van der Waals surface area contributed by atoms with E-state index in [-0.39, 0.29) is 25.7 Å². The van der Waals surface area contributed by atoms with E-state index in [1.165, 1.54) is 6.42 Å². The molecule has 1 amide bonds. The lowest BCUT2D eigenvalue weighted by Gasteiger charge is -2.29. The number of alkyl halides is 3. The number of H-pyrrole nitrogens is 1. The fourth-order valence-electron chi connectivity index (χ4n) is 4.48. The topological polar surface area (TPSA) is 103 Å². The SMILES string of the molecule is C#CCO[C@H]1C[C@H](n2cc(C(F)(F)F)c(=O)[nH]c2=O)O[C@@H]1COC(=O)N(C)C1CCCCCCC1. The maximum absolute atomic E-state index is 13.2. The average molecular weight is 502 g/mol. The van der Waals surface area contributed by atoms with Gasteiger partial charge in [-0.1, -0.05) is 38.0 Å². The van der Waals surface area contributed by atoms with Gasteiger partial charge in [0.25, 0.3) is 5.56 Å². The third kappa shape index (κ3) is 6.89. The molecule has 0 radical (unpaired) electrons. The Hall–Kier alpha value is -2.78. The van der Waals surface area contributed by atoms with Crippen molar-refractivity contribution in [3.63, 3.8) is 0 Å². The zero-order chi connectivity index (χ0) is 25.6. The summed E-state index contributed by atoms with van der Waals surface area (Å²) in [4.78, 5) is 39.7. The van der Waals surface area contributed by atoms with Gasteiger partial charge in [-0.3, -0.25) is 14.3 Å². The Morgan fingerprint density at radius 1 is 1.26 bits per heavy atom. The van der Waals surface area contributed by atoms with Crippen LogP contribution in [0.2, 0.25) is 0 Å². The van der Waals surface area contributed by atoms with Crippen molar-refractivity contribution in [1.82, 2.24) is 14.5 Å². The summed E-state index contributed by atoms with van der Waals surface area (Å²) in [5.41, 5.74) is -4.14. The Kier molecular flexibility index (Phi) is 9.02. The van der Waals surface area contributed by atoms with Crippen molar-refractivity contribution in [3.05, 3.63) is 32.6 Å². The third-order valence-corrected chi connectivity index (χ3v) is 6.43. The van der Waals surface area contributed by atoms with Crippen LogP contribution in [0.5, 0.6) is 0 Å². The molecule has 1 saturated heterocycles. The van der Waals surface area contributed by atoms with Crippen LogP contribution in [0.25, 0.3) is 0 Å². The first-order valence-corrected chi connectivity index (χ1v) is 11.6. The maximum Gasteiger partial charge on any atom is 0.423 e. The molecule has 0 spiro atoms. The van der Waals surface area contributed by atoms with Gasteiger partial charge in [-0.05, 0) is 12.8 Å². The normalized spacial score (nSPS) is 23.8. The second kappa shape index (κ2) is 11.8.